The van der Waals surface area contributed by atoms with E-state index >= 15 is 0 Å². The number of nitrogens with two attached hydrogens (primary N) is 1. The molecule has 1 aromatic rings. The Bertz CT molecular complexity index is 313. The van der Waals surface area contributed by atoms with Gasteiger partial charge in [-0.15, -0.1) is 17.8 Å². The third kappa shape index (κ3) is 2.72. The lowest BCUT2D eigenvalue weighted by Crippen LogP contribution is -2.26. The van der Waals surface area contributed by atoms with E-state index in [0.717, 1.165) is 11.4 Å². The summed E-state index contributed by atoms with van der Waals surface area (Å²) in [6, 6.07) is 0.142. The minimum atomic E-state index is 0.142. The lowest BCUT2D eigenvalue weighted by Gasteiger charge is -2.18. The standard InChI is InChI=1S/C9H13N3S/c1-4-7(2)12(3)6-8-5-11-9(10)13-8/h1,5,7H,6H2,2-3H3,(H2,10,11). The van der Waals surface area contributed by atoms with Crippen LogP contribution in [0.1, 0.15) is 11.8 Å². The summed E-state index contributed by atoms with van der Waals surface area (Å²) in [5.41, 5.74) is 5.51. The minimum absolute atomic E-state index is 0.142. The molecule has 1 aromatic heterocycles. The zero-order valence-corrected chi connectivity index (χ0v) is 8.64. The number of hydrogen-bond donors (Lipinski definition) is 1. The molecule has 0 saturated heterocycles. The third-order valence-electron chi connectivity index (χ3n) is 1.88. The van der Waals surface area contributed by atoms with Crippen molar-refractivity contribution in [3.63, 3.8) is 0 Å². The zero-order chi connectivity index (χ0) is 9.84. The van der Waals surface area contributed by atoms with Crippen molar-refractivity contribution in [3.8, 4) is 12.3 Å². The molecular weight excluding hydrogens is 182 g/mol. The van der Waals surface area contributed by atoms with Gasteiger partial charge in [-0.2, -0.15) is 0 Å². The maximum absolute atomic E-state index is 5.51. The van der Waals surface area contributed by atoms with Gasteiger partial charge in [0.05, 0.1) is 6.04 Å². The van der Waals surface area contributed by atoms with E-state index < -0.39 is 0 Å². The van der Waals surface area contributed by atoms with Gasteiger partial charge in [-0.05, 0) is 14.0 Å². The molecule has 70 valence electrons. The highest BCUT2D eigenvalue weighted by molar-refractivity contribution is 7.15. The first-order valence-electron chi connectivity index (χ1n) is 4.00. The highest BCUT2D eigenvalue weighted by Gasteiger charge is 2.07. The van der Waals surface area contributed by atoms with Crippen LogP contribution in [0, 0.1) is 12.3 Å². The number of nitrogens with zero attached hydrogens (tertiary/aromatic N) is 2. The second-order valence-electron chi connectivity index (χ2n) is 2.92. The Hall–Kier alpha value is -1.05. The number of terminal acetylenes is 1. The van der Waals surface area contributed by atoms with E-state index in [1.807, 2.05) is 14.0 Å². The predicted molar refractivity (Wildman–Crippen MR) is 56.3 cm³/mol. The van der Waals surface area contributed by atoms with E-state index in [1.54, 1.807) is 6.20 Å². The Morgan fingerprint density at radius 3 is 3.00 bits per heavy atom. The summed E-state index contributed by atoms with van der Waals surface area (Å²) in [7, 11) is 1.99. The lowest BCUT2D eigenvalue weighted by atomic mass is 10.3. The van der Waals surface area contributed by atoms with Crippen molar-refractivity contribution >= 4 is 16.5 Å². The summed E-state index contributed by atoms with van der Waals surface area (Å²) in [5, 5.41) is 0.608. The molecule has 0 aliphatic rings. The second kappa shape index (κ2) is 4.26. The Labute approximate surface area is 82.6 Å². The van der Waals surface area contributed by atoms with Crippen LogP contribution in [0.25, 0.3) is 0 Å². The van der Waals surface area contributed by atoms with Gasteiger partial charge in [0.25, 0.3) is 0 Å². The van der Waals surface area contributed by atoms with E-state index in [0.29, 0.717) is 5.13 Å². The van der Waals surface area contributed by atoms with Crippen LogP contribution in [0.5, 0.6) is 0 Å². The average molecular weight is 195 g/mol. The molecule has 0 fully saturated rings. The third-order valence-corrected chi connectivity index (χ3v) is 2.69. The Morgan fingerprint density at radius 1 is 1.85 bits per heavy atom. The van der Waals surface area contributed by atoms with Crippen LogP contribution >= 0.6 is 11.3 Å². The number of nitrogen functional groups attached to an aromatic ring is 1. The number of anilines is 1. The zero-order valence-electron chi connectivity index (χ0n) is 7.82. The van der Waals surface area contributed by atoms with Gasteiger partial charge < -0.3 is 5.73 Å². The molecule has 0 spiro atoms. The number of hydrogen-bond acceptors (Lipinski definition) is 4. The van der Waals surface area contributed by atoms with Gasteiger partial charge in [-0.25, -0.2) is 4.98 Å². The summed E-state index contributed by atoms with van der Waals surface area (Å²) in [6.07, 6.45) is 7.09. The van der Waals surface area contributed by atoms with E-state index in [2.05, 4.69) is 15.8 Å². The first-order chi connectivity index (χ1) is 6.13. The largest absolute Gasteiger partial charge is 0.375 e. The van der Waals surface area contributed by atoms with Crippen LogP contribution in [0.2, 0.25) is 0 Å². The van der Waals surface area contributed by atoms with Crippen LogP contribution in [0.4, 0.5) is 5.13 Å². The molecule has 3 nitrogen and oxygen atoms in total. The van der Waals surface area contributed by atoms with Crippen molar-refractivity contribution in [3.05, 3.63) is 11.1 Å². The Balaban J connectivity index is 2.55. The van der Waals surface area contributed by atoms with Crippen molar-refractivity contribution in [2.45, 2.75) is 19.5 Å². The maximum Gasteiger partial charge on any atom is 0.180 e. The Morgan fingerprint density at radius 2 is 2.54 bits per heavy atom. The van der Waals surface area contributed by atoms with Gasteiger partial charge in [0.2, 0.25) is 0 Å². The SMILES string of the molecule is C#CC(C)N(C)Cc1cnc(N)s1. The van der Waals surface area contributed by atoms with Crippen molar-refractivity contribution in [1.82, 2.24) is 9.88 Å². The maximum atomic E-state index is 5.51. The molecule has 4 heteroatoms. The molecule has 0 aliphatic carbocycles. The molecule has 1 rings (SSSR count). The molecule has 1 heterocycles. The normalized spacial score (nSPS) is 12.8. The monoisotopic (exact) mass is 195 g/mol. The minimum Gasteiger partial charge on any atom is -0.375 e. The van der Waals surface area contributed by atoms with Gasteiger partial charge in [0, 0.05) is 17.6 Å². The predicted octanol–water partition coefficient (Wildman–Crippen LogP) is 1.18. The smallest absolute Gasteiger partial charge is 0.180 e. The number of rotatable bonds is 3. The van der Waals surface area contributed by atoms with Crippen molar-refractivity contribution in [2.24, 2.45) is 0 Å². The molecule has 1 unspecified atom stereocenters. The van der Waals surface area contributed by atoms with E-state index in [1.165, 1.54) is 11.3 Å². The lowest BCUT2D eigenvalue weighted by molar-refractivity contribution is 0.299. The summed E-state index contributed by atoms with van der Waals surface area (Å²) >= 11 is 1.50. The molecule has 1 atom stereocenters. The summed E-state index contributed by atoms with van der Waals surface area (Å²) < 4.78 is 0. The molecule has 0 bridgehead atoms. The van der Waals surface area contributed by atoms with Crippen molar-refractivity contribution < 1.29 is 0 Å². The first kappa shape index (κ1) is 10.0. The molecule has 13 heavy (non-hydrogen) atoms. The van der Waals surface area contributed by atoms with Gasteiger partial charge in [0.1, 0.15) is 0 Å². The first-order valence-corrected chi connectivity index (χ1v) is 4.81. The molecule has 2 N–H and O–H groups in total. The summed E-state index contributed by atoms with van der Waals surface area (Å²) in [5.74, 6) is 2.67. The fourth-order valence-electron chi connectivity index (χ4n) is 0.906. The molecule has 0 aromatic carbocycles. The average Bonchev–Trinajstić information content (AvgIpc) is 2.49. The van der Waals surface area contributed by atoms with Crippen molar-refractivity contribution in [2.75, 3.05) is 12.8 Å². The number of aromatic nitrogens is 1. The van der Waals surface area contributed by atoms with Crippen LogP contribution in [0.15, 0.2) is 6.20 Å². The Kier molecular flexibility index (Phi) is 3.29. The quantitative estimate of drug-likeness (QED) is 0.736. The van der Waals surface area contributed by atoms with Crippen LogP contribution < -0.4 is 5.73 Å². The topological polar surface area (TPSA) is 42.2 Å². The summed E-state index contributed by atoms with van der Waals surface area (Å²) in [4.78, 5) is 7.19. The highest BCUT2D eigenvalue weighted by Crippen LogP contribution is 2.16. The molecule has 0 aliphatic heterocycles. The fraction of sp³-hybridized carbons (Fsp3) is 0.444. The van der Waals surface area contributed by atoms with Gasteiger partial charge in [0.15, 0.2) is 5.13 Å². The molecule has 0 radical (unpaired) electrons. The van der Waals surface area contributed by atoms with Crippen LogP contribution in [-0.4, -0.2) is 23.0 Å². The van der Waals surface area contributed by atoms with E-state index in [4.69, 9.17) is 12.2 Å². The highest BCUT2D eigenvalue weighted by atomic mass is 32.1. The van der Waals surface area contributed by atoms with Crippen LogP contribution in [-0.2, 0) is 6.54 Å². The molecular formula is C9H13N3S. The van der Waals surface area contributed by atoms with E-state index in [9.17, 15) is 0 Å². The fourth-order valence-corrected chi connectivity index (χ4v) is 1.65. The molecule has 0 amide bonds. The van der Waals surface area contributed by atoms with E-state index in [-0.39, 0.29) is 6.04 Å². The van der Waals surface area contributed by atoms with Gasteiger partial charge in [-0.1, -0.05) is 5.92 Å². The van der Waals surface area contributed by atoms with Gasteiger partial charge >= 0.3 is 0 Å². The van der Waals surface area contributed by atoms with Crippen molar-refractivity contribution in [1.29, 1.82) is 0 Å². The number of thiazole rings is 1. The second-order valence-corrected chi connectivity index (χ2v) is 4.07. The molecule has 0 saturated carbocycles. The van der Waals surface area contributed by atoms with Crippen LogP contribution in [0.3, 0.4) is 0 Å². The van der Waals surface area contributed by atoms with Gasteiger partial charge in [-0.3, -0.25) is 4.90 Å². The summed E-state index contributed by atoms with van der Waals surface area (Å²) in [6.45, 7) is 2.80.